The van der Waals surface area contributed by atoms with Crippen molar-refractivity contribution in [2.45, 2.75) is 80.4 Å². The fourth-order valence-electron chi connectivity index (χ4n) is 3.94. The number of carboxylic acid groups (broad SMARTS) is 2. The molecular formula is C24H30CoO10. The van der Waals surface area contributed by atoms with E-state index in [0.29, 0.717) is 0 Å². The largest absolute Gasteiger partial charge is 2.00 e. The van der Waals surface area contributed by atoms with E-state index < -0.39 is 35.8 Å². The summed E-state index contributed by atoms with van der Waals surface area (Å²) in [6, 6.07) is 0. The molecule has 0 aromatic carbocycles. The Bertz CT molecular complexity index is 926. The van der Waals surface area contributed by atoms with Gasteiger partial charge < -0.3 is 38.7 Å². The number of ether oxygens (including phenoxy) is 4. The van der Waals surface area contributed by atoms with Crippen molar-refractivity contribution in [1.29, 1.82) is 0 Å². The van der Waals surface area contributed by atoms with Crippen molar-refractivity contribution >= 4 is 24.6 Å². The molecule has 2 aliphatic rings. The molecule has 1 radical (unpaired) electrons. The topological polar surface area (TPSA) is 151 Å². The molecule has 11 heteroatoms. The van der Waals surface area contributed by atoms with Crippen LogP contribution in [0.3, 0.4) is 0 Å². The van der Waals surface area contributed by atoms with Crippen LogP contribution in [0.15, 0.2) is 44.6 Å². The Morgan fingerprint density at radius 1 is 0.543 bits per heavy atom. The van der Waals surface area contributed by atoms with E-state index in [1.54, 1.807) is 13.8 Å². The van der Waals surface area contributed by atoms with Gasteiger partial charge in [-0.25, -0.2) is 9.59 Å². The SMILES string of the molecule is CC1=C(C)C(C)(OC(=O)OC(=O)[O-])C(C)=C1C.CC1=C(C)C(C)(OC(=O)OC(=O)[O-])C(C)=C1C.[Co+2]. The van der Waals surface area contributed by atoms with Crippen LogP contribution < -0.4 is 10.2 Å². The molecule has 0 heterocycles. The molecule has 0 aliphatic heterocycles. The number of allylic oxidation sites excluding steroid dienone is 4. The Balaban J connectivity index is 0.000000642. The molecule has 0 atom stereocenters. The van der Waals surface area contributed by atoms with Gasteiger partial charge in [-0.1, -0.05) is 0 Å². The molecule has 0 amide bonds. The van der Waals surface area contributed by atoms with Gasteiger partial charge in [-0.3, -0.25) is 0 Å². The van der Waals surface area contributed by atoms with Gasteiger partial charge in [-0.2, -0.15) is 0 Å². The van der Waals surface area contributed by atoms with Crippen LogP contribution in [0.25, 0.3) is 0 Å². The summed E-state index contributed by atoms with van der Waals surface area (Å²) in [4.78, 5) is 42.7. The molecule has 35 heavy (non-hydrogen) atoms. The molecule has 0 fully saturated rings. The first-order valence-corrected chi connectivity index (χ1v) is 10.4. The second kappa shape index (κ2) is 11.6. The van der Waals surface area contributed by atoms with Crippen LogP contribution in [-0.4, -0.2) is 35.8 Å². The van der Waals surface area contributed by atoms with Crippen molar-refractivity contribution in [3.8, 4) is 0 Å². The van der Waals surface area contributed by atoms with Crippen molar-refractivity contribution in [1.82, 2.24) is 0 Å². The molecule has 2 rings (SSSR count). The molecule has 0 spiro atoms. The van der Waals surface area contributed by atoms with E-state index in [-0.39, 0.29) is 16.8 Å². The molecule has 0 aromatic rings. The summed E-state index contributed by atoms with van der Waals surface area (Å²) in [5.74, 6) is 0. The number of rotatable bonds is 2. The van der Waals surface area contributed by atoms with Gasteiger partial charge in [0.25, 0.3) is 12.3 Å². The molecule has 0 saturated carbocycles. The minimum Gasteiger partial charge on any atom is -0.453 e. The van der Waals surface area contributed by atoms with E-state index in [1.807, 2.05) is 55.4 Å². The summed E-state index contributed by atoms with van der Waals surface area (Å²) in [6.07, 6.45) is -6.39. The molecule has 10 nitrogen and oxygen atoms in total. The van der Waals surface area contributed by atoms with E-state index in [9.17, 15) is 29.4 Å². The summed E-state index contributed by atoms with van der Waals surface area (Å²) < 4.78 is 17.8. The normalized spacial score (nSPS) is 17.9. The monoisotopic (exact) mass is 537 g/mol. The van der Waals surface area contributed by atoms with Crippen molar-refractivity contribution in [2.75, 3.05) is 0 Å². The Hall–Kier alpha value is -3.05. The fraction of sp³-hybridized carbons (Fsp3) is 0.500. The summed E-state index contributed by atoms with van der Waals surface area (Å²) in [5, 5.41) is 20.2. The third kappa shape index (κ3) is 6.54. The van der Waals surface area contributed by atoms with Gasteiger partial charge in [0.2, 0.25) is 0 Å². The van der Waals surface area contributed by atoms with E-state index in [0.717, 1.165) is 44.6 Å². The third-order valence-electron chi connectivity index (χ3n) is 7.15. The van der Waals surface area contributed by atoms with Crippen LogP contribution in [0, 0.1) is 0 Å². The maximum Gasteiger partial charge on any atom is 2.00 e. The van der Waals surface area contributed by atoms with Gasteiger partial charge in [0.15, 0.2) is 11.2 Å². The van der Waals surface area contributed by atoms with Crippen LogP contribution >= 0.6 is 0 Å². The molecule has 0 unspecified atom stereocenters. The minimum atomic E-state index is -1.92. The second-order valence-corrected chi connectivity index (χ2v) is 8.47. The predicted octanol–water partition coefficient (Wildman–Crippen LogP) is 3.85. The number of hydrogen-bond donors (Lipinski definition) is 0. The zero-order valence-electron chi connectivity index (χ0n) is 21.4. The molecule has 0 bridgehead atoms. The first-order chi connectivity index (χ1) is 15.4. The van der Waals surface area contributed by atoms with Crippen molar-refractivity contribution < 1.29 is 65.1 Å². The summed E-state index contributed by atoms with van der Waals surface area (Å²) in [7, 11) is 0. The van der Waals surface area contributed by atoms with Crippen molar-refractivity contribution in [2.24, 2.45) is 0 Å². The number of hydrogen-bond acceptors (Lipinski definition) is 10. The molecule has 195 valence electrons. The van der Waals surface area contributed by atoms with Gasteiger partial charge in [-0.15, -0.1) is 0 Å². The maximum atomic E-state index is 11.2. The third-order valence-corrected chi connectivity index (χ3v) is 7.15. The Morgan fingerprint density at radius 3 is 0.914 bits per heavy atom. The summed E-state index contributed by atoms with van der Waals surface area (Å²) >= 11 is 0. The smallest absolute Gasteiger partial charge is 0.453 e. The Labute approximate surface area is 214 Å². The van der Waals surface area contributed by atoms with Gasteiger partial charge in [0, 0.05) is 0 Å². The van der Waals surface area contributed by atoms with Gasteiger partial charge in [-0.05, 0) is 114 Å². The number of carbonyl (C=O) groups excluding carboxylic acids is 4. The van der Waals surface area contributed by atoms with Gasteiger partial charge in [0.05, 0.1) is 0 Å². The zero-order chi connectivity index (χ0) is 26.8. The quantitative estimate of drug-likeness (QED) is 0.375. The van der Waals surface area contributed by atoms with E-state index in [2.05, 4.69) is 9.47 Å². The molecule has 2 aliphatic carbocycles. The molecule has 0 saturated heterocycles. The van der Waals surface area contributed by atoms with Gasteiger partial charge in [0.1, 0.15) is 0 Å². The van der Waals surface area contributed by atoms with Crippen LogP contribution in [0.5, 0.6) is 0 Å². The first kappa shape index (κ1) is 31.9. The van der Waals surface area contributed by atoms with E-state index in [4.69, 9.17) is 9.47 Å². The fourth-order valence-corrected chi connectivity index (χ4v) is 3.94. The number of carbonyl (C=O) groups is 4. The average Bonchev–Trinajstić information content (AvgIpc) is 2.94. The van der Waals surface area contributed by atoms with Crippen LogP contribution in [-0.2, 0) is 35.7 Å². The van der Waals surface area contributed by atoms with E-state index in [1.165, 1.54) is 0 Å². The van der Waals surface area contributed by atoms with Crippen LogP contribution in [0.1, 0.15) is 69.2 Å². The standard InChI is InChI=1S/2C12H16O5.Co/c2*1-6-7(2)9(4)12(5,8(6)3)17-11(15)16-10(13)14;/h2*1-5H3,(H,13,14);/q;;+2/p-2. The maximum absolute atomic E-state index is 11.2. The van der Waals surface area contributed by atoms with Crippen LogP contribution in [0.2, 0.25) is 0 Å². The molecule has 0 N–H and O–H groups in total. The zero-order valence-corrected chi connectivity index (χ0v) is 22.5. The average molecular weight is 537 g/mol. The van der Waals surface area contributed by atoms with Crippen LogP contribution in [0.4, 0.5) is 19.2 Å². The Kier molecular flexibility index (Phi) is 10.6. The van der Waals surface area contributed by atoms with E-state index >= 15 is 0 Å². The van der Waals surface area contributed by atoms with Crippen molar-refractivity contribution in [3.05, 3.63) is 44.6 Å². The summed E-state index contributed by atoms with van der Waals surface area (Å²) in [5.41, 5.74) is 5.70. The summed E-state index contributed by atoms with van der Waals surface area (Å²) in [6.45, 7) is 18.4. The predicted molar refractivity (Wildman–Crippen MR) is 116 cm³/mol. The van der Waals surface area contributed by atoms with Gasteiger partial charge >= 0.3 is 29.1 Å². The second-order valence-electron chi connectivity index (χ2n) is 8.47. The Morgan fingerprint density at radius 2 is 0.743 bits per heavy atom. The minimum absolute atomic E-state index is 0. The molecular weight excluding hydrogens is 507 g/mol. The molecule has 0 aromatic heterocycles. The first-order valence-electron chi connectivity index (χ1n) is 10.4. The van der Waals surface area contributed by atoms with Crippen molar-refractivity contribution in [3.63, 3.8) is 0 Å².